The Balaban J connectivity index is 2.26. The predicted molar refractivity (Wildman–Crippen MR) is 86.3 cm³/mol. The topological polar surface area (TPSA) is 108 Å². The predicted octanol–water partition coefficient (Wildman–Crippen LogP) is -0.262. The summed E-state index contributed by atoms with van der Waals surface area (Å²) in [7, 11) is 0. The maximum atomic E-state index is 11.4. The van der Waals surface area contributed by atoms with Crippen molar-refractivity contribution in [1.29, 1.82) is 0 Å². The molecule has 0 saturated carbocycles. The molecule has 0 aromatic heterocycles. The monoisotopic (exact) mass is 337 g/mol. The highest BCUT2D eigenvalue weighted by Crippen LogP contribution is 2.27. The van der Waals surface area contributed by atoms with Gasteiger partial charge in [-0.15, -0.1) is 6.58 Å². The zero-order valence-electron chi connectivity index (χ0n) is 13.5. The van der Waals surface area contributed by atoms with Crippen LogP contribution >= 0.6 is 0 Å². The second-order valence-electron chi connectivity index (χ2n) is 5.65. The van der Waals surface area contributed by atoms with E-state index in [1.807, 2.05) is 12.1 Å². The summed E-state index contributed by atoms with van der Waals surface area (Å²) in [6.45, 7) is 4.50. The maximum Gasteiger partial charge on any atom is 0.223 e. The molecule has 7 heteroatoms. The second kappa shape index (κ2) is 8.25. The highest BCUT2D eigenvalue weighted by atomic mass is 16.7. The molecule has 2 rings (SSSR count). The average molecular weight is 337 g/mol. The Labute approximate surface area is 140 Å². The first-order valence-corrected chi connectivity index (χ1v) is 7.73. The van der Waals surface area contributed by atoms with Gasteiger partial charge in [-0.3, -0.25) is 4.79 Å². The van der Waals surface area contributed by atoms with Gasteiger partial charge in [0.1, 0.15) is 30.1 Å². The lowest BCUT2D eigenvalue weighted by Gasteiger charge is -2.42. The molecule has 0 bridgehead atoms. The number of aliphatic hydroxyl groups is 3. The normalized spacial score (nSPS) is 29.8. The number of carbonyl (C=O) groups excluding carboxylic acids is 1. The first-order chi connectivity index (χ1) is 11.5. The molecule has 1 saturated heterocycles. The van der Waals surface area contributed by atoms with Gasteiger partial charge in [0.25, 0.3) is 0 Å². The van der Waals surface area contributed by atoms with Crippen LogP contribution in [0.2, 0.25) is 0 Å². The molecule has 1 heterocycles. The van der Waals surface area contributed by atoms with Gasteiger partial charge in [-0.2, -0.15) is 0 Å². The number of rotatable bonds is 6. The molecule has 1 fully saturated rings. The van der Waals surface area contributed by atoms with E-state index < -0.39 is 43.2 Å². The van der Waals surface area contributed by atoms with E-state index in [9.17, 15) is 20.1 Å². The molecule has 1 amide bonds. The Morgan fingerprint density at radius 2 is 2.08 bits per heavy atom. The van der Waals surface area contributed by atoms with E-state index in [-0.39, 0.29) is 0 Å². The molecule has 7 nitrogen and oxygen atoms in total. The number of benzene rings is 1. The fourth-order valence-corrected chi connectivity index (χ4v) is 2.64. The average Bonchev–Trinajstić information content (AvgIpc) is 2.56. The quantitative estimate of drug-likeness (QED) is 0.533. The molecule has 1 aliphatic heterocycles. The van der Waals surface area contributed by atoms with Crippen LogP contribution in [0.4, 0.5) is 0 Å². The second-order valence-corrected chi connectivity index (χ2v) is 5.65. The number of amides is 1. The van der Waals surface area contributed by atoms with Gasteiger partial charge in [0.2, 0.25) is 12.2 Å². The third-order valence-electron chi connectivity index (χ3n) is 3.83. The lowest BCUT2D eigenvalue weighted by atomic mass is 9.97. The van der Waals surface area contributed by atoms with Crippen LogP contribution in [0, 0.1) is 0 Å². The van der Waals surface area contributed by atoms with E-state index in [1.54, 1.807) is 18.2 Å². The van der Waals surface area contributed by atoms with Gasteiger partial charge >= 0.3 is 0 Å². The number of aliphatic hydroxyl groups excluding tert-OH is 3. The fourth-order valence-electron chi connectivity index (χ4n) is 2.64. The van der Waals surface area contributed by atoms with E-state index >= 15 is 0 Å². The van der Waals surface area contributed by atoms with Crippen molar-refractivity contribution in [1.82, 2.24) is 5.32 Å². The smallest absolute Gasteiger partial charge is 0.223 e. The molecule has 0 unspecified atom stereocenters. The molecule has 4 N–H and O–H groups in total. The molecule has 24 heavy (non-hydrogen) atoms. The van der Waals surface area contributed by atoms with Crippen LogP contribution in [0.25, 0.3) is 0 Å². The summed E-state index contributed by atoms with van der Waals surface area (Å²) in [6.07, 6.45) is -2.45. The minimum absolute atomic E-state index is 0.398. The van der Waals surface area contributed by atoms with Crippen molar-refractivity contribution in [3.05, 3.63) is 42.5 Å². The number of allylic oxidation sites excluding steroid dienone is 1. The number of para-hydroxylation sites is 1. The fraction of sp³-hybridized carbons (Fsp3) is 0.471. The van der Waals surface area contributed by atoms with Crippen LogP contribution in [-0.2, 0) is 16.0 Å². The Morgan fingerprint density at radius 1 is 1.38 bits per heavy atom. The standard InChI is InChI=1S/C17H23NO6/c1-3-6-11-7-4-5-8-12(11)23-17-14(18-10(2)20)16(22)15(21)13(9-19)24-17/h3-5,7-8,13-17,19,21-22H,1,6,9H2,2H3,(H,18,20)/t13-,14+,15+,16-,17-/m1/s1. The lowest BCUT2D eigenvalue weighted by molar-refractivity contribution is -0.244. The third kappa shape index (κ3) is 4.12. The van der Waals surface area contributed by atoms with E-state index in [4.69, 9.17) is 9.47 Å². The van der Waals surface area contributed by atoms with Crippen molar-refractivity contribution in [2.24, 2.45) is 0 Å². The molecule has 0 spiro atoms. The molecule has 1 aromatic carbocycles. The lowest BCUT2D eigenvalue weighted by Crippen LogP contribution is -2.65. The van der Waals surface area contributed by atoms with Crippen molar-refractivity contribution in [2.45, 2.75) is 44.0 Å². The number of hydrogen-bond acceptors (Lipinski definition) is 6. The summed E-state index contributed by atoms with van der Waals surface area (Å²) in [4.78, 5) is 11.4. The molecule has 5 atom stereocenters. The van der Waals surface area contributed by atoms with Crippen molar-refractivity contribution < 1.29 is 29.6 Å². The molecule has 1 aromatic rings. The Kier molecular flexibility index (Phi) is 6.33. The summed E-state index contributed by atoms with van der Waals surface area (Å²) in [5, 5.41) is 32.1. The molecule has 0 aliphatic carbocycles. The van der Waals surface area contributed by atoms with Gasteiger partial charge in [0, 0.05) is 6.92 Å². The summed E-state index contributed by atoms with van der Waals surface area (Å²) >= 11 is 0. The number of carbonyl (C=O) groups is 1. The van der Waals surface area contributed by atoms with Gasteiger partial charge in [-0.25, -0.2) is 0 Å². The minimum atomic E-state index is -1.34. The van der Waals surface area contributed by atoms with Crippen molar-refractivity contribution in [3.8, 4) is 5.75 Å². The summed E-state index contributed by atoms with van der Waals surface area (Å²) < 4.78 is 11.4. The summed E-state index contributed by atoms with van der Waals surface area (Å²) in [5.74, 6) is 0.114. The van der Waals surface area contributed by atoms with E-state index in [2.05, 4.69) is 11.9 Å². The van der Waals surface area contributed by atoms with Gasteiger partial charge in [-0.1, -0.05) is 24.3 Å². The number of ether oxygens (including phenoxy) is 2. The number of nitrogens with one attached hydrogen (secondary N) is 1. The Hall–Kier alpha value is -1.93. The zero-order valence-corrected chi connectivity index (χ0v) is 13.5. The maximum absolute atomic E-state index is 11.4. The Bertz CT molecular complexity index is 578. The van der Waals surface area contributed by atoms with Crippen molar-refractivity contribution in [2.75, 3.05) is 6.61 Å². The summed E-state index contributed by atoms with van der Waals surface area (Å²) in [5.41, 5.74) is 0.860. The van der Waals surface area contributed by atoms with Crippen molar-refractivity contribution in [3.63, 3.8) is 0 Å². The van der Waals surface area contributed by atoms with Gasteiger partial charge in [-0.05, 0) is 18.1 Å². The summed E-state index contributed by atoms with van der Waals surface area (Å²) in [6, 6.07) is 6.26. The highest BCUT2D eigenvalue weighted by molar-refractivity contribution is 5.73. The molecular weight excluding hydrogens is 314 g/mol. The van der Waals surface area contributed by atoms with E-state index in [0.29, 0.717) is 12.2 Å². The Morgan fingerprint density at radius 3 is 2.71 bits per heavy atom. The molecule has 0 radical (unpaired) electrons. The van der Waals surface area contributed by atoms with Gasteiger partial charge in [0.15, 0.2) is 0 Å². The van der Waals surface area contributed by atoms with Crippen LogP contribution in [0.3, 0.4) is 0 Å². The highest BCUT2D eigenvalue weighted by Gasteiger charge is 2.46. The van der Waals surface area contributed by atoms with Crippen LogP contribution < -0.4 is 10.1 Å². The molecule has 132 valence electrons. The van der Waals surface area contributed by atoms with Crippen LogP contribution in [0.15, 0.2) is 36.9 Å². The van der Waals surface area contributed by atoms with E-state index in [1.165, 1.54) is 6.92 Å². The van der Waals surface area contributed by atoms with Crippen LogP contribution in [0.1, 0.15) is 12.5 Å². The van der Waals surface area contributed by atoms with Gasteiger partial charge in [0.05, 0.1) is 6.61 Å². The first-order valence-electron chi connectivity index (χ1n) is 7.73. The minimum Gasteiger partial charge on any atom is -0.462 e. The van der Waals surface area contributed by atoms with Crippen LogP contribution in [0.5, 0.6) is 5.75 Å². The molecular formula is C17H23NO6. The van der Waals surface area contributed by atoms with E-state index in [0.717, 1.165) is 5.56 Å². The first kappa shape index (κ1) is 18.4. The van der Waals surface area contributed by atoms with Gasteiger partial charge < -0.3 is 30.1 Å². The van der Waals surface area contributed by atoms with Crippen LogP contribution in [-0.4, -0.2) is 58.5 Å². The SMILES string of the molecule is C=CCc1ccccc1O[C@@H]1O[C@H](CO)[C@H](O)[C@H](O)[C@@H]1NC(C)=O. The molecule has 1 aliphatic rings. The number of hydrogen-bond donors (Lipinski definition) is 4. The van der Waals surface area contributed by atoms with Crippen molar-refractivity contribution >= 4 is 5.91 Å². The zero-order chi connectivity index (χ0) is 17.7. The third-order valence-corrected chi connectivity index (χ3v) is 3.83. The largest absolute Gasteiger partial charge is 0.462 e.